The van der Waals surface area contributed by atoms with Crippen molar-refractivity contribution in [2.75, 3.05) is 13.1 Å². The van der Waals surface area contributed by atoms with Crippen molar-refractivity contribution in [3.63, 3.8) is 0 Å². The van der Waals surface area contributed by atoms with Gasteiger partial charge in [0, 0.05) is 18.0 Å². The summed E-state index contributed by atoms with van der Waals surface area (Å²) < 4.78 is 12.7. The van der Waals surface area contributed by atoms with Gasteiger partial charge in [-0.15, -0.1) is 0 Å². The summed E-state index contributed by atoms with van der Waals surface area (Å²) in [5.74, 6) is 1.40. The first-order valence-electron chi connectivity index (χ1n) is 7.28. The summed E-state index contributed by atoms with van der Waals surface area (Å²) in [5, 5.41) is 0. The SMILES string of the molecule is CC(C)(C)OC(=O)N1CCC2c3cccc(I)c3OC2C1. The van der Waals surface area contributed by atoms with Crippen LogP contribution in [0.4, 0.5) is 4.79 Å². The monoisotopic (exact) mass is 401 g/mol. The van der Waals surface area contributed by atoms with Crippen LogP contribution in [0, 0.1) is 3.57 Å². The third-order valence-corrected chi connectivity index (χ3v) is 4.73. The van der Waals surface area contributed by atoms with Crippen LogP contribution in [0.2, 0.25) is 0 Å². The van der Waals surface area contributed by atoms with Crippen molar-refractivity contribution in [3.8, 4) is 5.75 Å². The van der Waals surface area contributed by atoms with Gasteiger partial charge in [-0.3, -0.25) is 0 Å². The molecule has 1 aromatic rings. The molecule has 1 aromatic carbocycles. The van der Waals surface area contributed by atoms with Gasteiger partial charge < -0.3 is 14.4 Å². The molecule has 2 atom stereocenters. The molecule has 2 aliphatic rings. The van der Waals surface area contributed by atoms with Crippen LogP contribution in [0.25, 0.3) is 0 Å². The Hall–Kier alpha value is -0.980. The van der Waals surface area contributed by atoms with Gasteiger partial charge in [0.25, 0.3) is 0 Å². The third-order valence-electron chi connectivity index (χ3n) is 3.88. The second-order valence-corrected chi connectivity index (χ2v) is 7.80. The minimum absolute atomic E-state index is 0.0529. The lowest BCUT2D eigenvalue weighted by Crippen LogP contribution is -2.47. The Balaban J connectivity index is 1.72. The molecule has 0 spiro atoms. The predicted octanol–water partition coefficient (Wildman–Crippen LogP) is 3.78. The number of hydrogen-bond acceptors (Lipinski definition) is 3. The summed E-state index contributed by atoms with van der Waals surface area (Å²) in [4.78, 5) is 14.0. The Morgan fingerprint density at radius 1 is 1.43 bits per heavy atom. The Morgan fingerprint density at radius 2 is 2.19 bits per heavy atom. The van der Waals surface area contributed by atoms with Gasteiger partial charge in [-0.05, 0) is 55.8 Å². The van der Waals surface area contributed by atoms with Gasteiger partial charge in [0.15, 0.2) is 0 Å². The molecule has 0 N–H and O–H groups in total. The molecule has 4 nitrogen and oxygen atoms in total. The molecule has 0 aromatic heterocycles. The largest absolute Gasteiger partial charge is 0.487 e. The van der Waals surface area contributed by atoms with E-state index in [1.165, 1.54) is 5.56 Å². The second kappa shape index (κ2) is 5.34. The highest BCUT2D eigenvalue weighted by Crippen LogP contribution is 2.44. The number of nitrogens with zero attached hydrogens (tertiary/aromatic N) is 1. The molecule has 1 amide bonds. The van der Waals surface area contributed by atoms with Crippen molar-refractivity contribution in [2.45, 2.75) is 44.8 Å². The highest BCUT2D eigenvalue weighted by Gasteiger charge is 2.41. The number of ether oxygens (including phenoxy) is 2. The molecule has 0 bridgehead atoms. The maximum atomic E-state index is 12.2. The average Bonchev–Trinajstić information content (AvgIpc) is 2.76. The van der Waals surface area contributed by atoms with E-state index in [9.17, 15) is 4.79 Å². The summed E-state index contributed by atoms with van der Waals surface area (Å²) in [5.41, 5.74) is 0.832. The summed E-state index contributed by atoms with van der Waals surface area (Å²) in [6, 6.07) is 6.28. The van der Waals surface area contributed by atoms with Crippen LogP contribution >= 0.6 is 22.6 Å². The first-order valence-corrected chi connectivity index (χ1v) is 8.36. The Bertz CT molecular complexity index is 567. The molecule has 21 heavy (non-hydrogen) atoms. The molecular weight excluding hydrogens is 381 g/mol. The lowest BCUT2D eigenvalue weighted by atomic mass is 9.89. The molecule has 2 aliphatic heterocycles. The van der Waals surface area contributed by atoms with Gasteiger partial charge in [-0.1, -0.05) is 12.1 Å². The summed E-state index contributed by atoms with van der Waals surface area (Å²) in [6.45, 7) is 7.00. The van der Waals surface area contributed by atoms with Crippen molar-refractivity contribution in [1.82, 2.24) is 4.90 Å². The maximum absolute atomic E-state index is 12.2. The fourth-order valence-electron chi connectivity index (χ4n) is 2.98. The zero-order valence-electron chi connectivity index (χ0n) is 12.6. The number of carbonyl (C=O) groups is 1. The van der Waals surface area contributed by atoms with Crippen LogP contribution in [0.1, 0.15) is 38.7 Å². The van der Waals surface area contributed by atoms with E-state index in [2.05, 4.69) is 40.8 Å². The summed E-state index contributed by atoms with van der Waals surface area (Å²) >= 11 is 2.31. The van der Waals surface area contributed by atoms with Gasteiger partial charge in [-0.2, -0.15) is 0 Å². The number of benzene rings is 1. The number of hydrogen-bond donors (Lipinski definition) is 0. The molecule has 0 aliphatic carbocycles. The predicted molar refractivity (Wildman–Crippen MR) is 88.7 cm³/mol. The number of likely N-dealkylation sites (tertiary alicyclic amines) is 1. The first-order chi connectivity index (χ1) is 9.85. The van der Waals surface area contributed by atoms with Gasteiger partial charge in [-0.25, -0.2) is 4.79 Å². The molecule has 1 saturated heterocycles. The van der Waals surface area contributed by atoms with Crippen LogP contribution in [-0.2, 0) is 4.74 Å². The van der Waals surface area contributed by atoms with E-state index in [1.807, 2.05) is 20.8 Å². The number of rotatable bonds is 0. The number of fused-ring (bicyclic) bond motifs is 3. The van der Waals surface area contributed by atoms with Gasteiger partial charge >= 0.3 is 6.09 Å². The molecule has 0 saturated carbocycles. The maximum Gasteiger partial charge on any atom is 0.410 e. The minimum Gasteiger partial charge on any atom is -0.487 e. The topological polar surface area (TPSA) is 38.8 Å². The average molecular weight is 401 g/mol. The van der Waals surface area contributed by atoms with Crippen LogP contribution in [0.15, 0.2) is 18.2 Å². The molecule has 5 heteroatoms. The Kier molecular flexibility index (Phi) is 3.80. The fourth-order valence-corrected chi connectivity index (χ4v) is 3.62. The smallest absolute Gasteiger partial charge is 0.410 e. The Morgan fingerprint density at radius 3 is 2.90 bits per heavy atom. The first kappa shape index (κ1) is 14.9. The van der Waals surface area contributed by atoms with Crippen LogP contribution in [0.3, 0.4) is 0 Å². The zero-order valence-corrected chi connectivity index (χ0v) is 14.7. The van der Waals surface area contributed by atoms with E-state index in [0.717, 1.165) is 22.3 Å². The number of carbonyl (C=O) groups excluding carboxylic acids is 1. The summed E-state index contributed by atoms with van der Waals surface area (Å²) in [7, 11) is 0. The molecule has 2 heterocycles. The van der Waals surface area contributed by atoms with E-state index in [0.29, 0.717) is 12.5 Å². The van der Waals surface area contributed by atoms with Gasteiger partial charge in [0.05, 0.1) is 10.1 Å². The molecule has 2 unspecified atom stereocenters. The zero-order chi connectivity index (χ0) is 15.2. The third kappa shape index (κ3) is 2.98. The second-order valence-electron chi connectivity index (χ2n) is 6.64. The highest BCUT2D eigenvalue weighted by molar-refractivity contribution is 14.1. The van der Waals surface area contributed by atoms with Crippen LogP contribution in [0.5, 0.6) is 5.75 Å². The van der Waals surface area contributed by atoms with Crippen molar-refractivity contribution >= 4 is 28.7 Å². The molecule has 1 fully saturated rings. The van der Waals surface area contributed by atoms with Crippen LogP contribution in [-0.4, -0.2) is 35.8 Å². The van der Waals surface area contributed by atoms with E-state index >= 15 is 0 Å². The molecule has 114 valence electrons. The van der Waals surface area contributed by atoms with E-state index < -0.39 is 5.60 Å². The van der Waals surface area contributed by atoms with Gasteiger partial charge in [0.1, 0.15) is 17.5 Å². The number of para-hydroxylation sites is 1. The van der Waals surface area contributed by atoms with Crippen molar-refractivity contribution in [1.29, 1.82) is 0 Å². The molecule has 3 rings (SSSR count). The quantitative estimate of drug-likeness (QED) is 0.622. The lowest BCUT2D eigenvalue weighted by Gasteiger charge is -2.35. The molecule has 0 radical (unpaired) electrons. The fraction of sp³-hybridized carbons (Fsp3) is 0.562. The van der Waals surface area contributed by atoms with Crippen molar-refractivity contribution in [2.24, 2.45) is 0 Å². The summed E-state index contributed by atoms with van der Waals surface area (Å²) in [6.07, 6.45) is 0.740. The number of piperidine rings is 1. The highest BCUT2D eigenvalue weighted by atomic mass is 127. The van der Waals surface area contributed by atoms with E-state index in [-0.39, 0.29) is 12.2 Å². The minimum atomic E-state index is -0.456. The van der Waals surface area contributed by atoms with Gasteiger partial charge in [0.2, 0.25) is 0 Å². The molecular formula is C16H20INO3. The van der Waals surface area contributed by atoms with E-state index in [4.69, 9.17) is 9.47 Å². The standard InChI is InChI=1S/C16H20INO3/c1-16(2,3)21-15(19)18-8-7-10-11-5-4-6-12(17)14(11)20-13(10)9-18/h4-6,10,13H,7-9H2,1-3H3. The Labute approximate surface area is 138 Å². The lowest BCUT2D eigenvalue weighted by molar-refractivity contribution is 0.00784. The number of halogens is 1. The van der Waals surface area contributed by atoms with Crippen molar-refractivity contribution < 1.29 is 14.3 Å². The van der Waals surface area contributed by atoms with Crippen molar-refractivity contribution in [3.05, 3.63) is 27.3 Å². The number of amides is 1. The van der Waals surface area contributed by atoms with Crippen LogP contribution < -0.4 is 4.74 Å². The normalized spacial score (nSPS) is 24.1. The van der Waals surface area contributed by atoms with E-state index in [1.54, 1.807) is 4.90 Å².